The van der Waals surface area contributed by atoms with Crippen molar-refractivity contribution in [3.63, 3.8) is 0 Å². The summed E-state index contributed by atoms with van der Waals surface area (Å²) in [5.74, 6) is 0.552. The fourth-order valence-electron chi connectivity index (χ4n) is 2.12. The van der Waals surface area contributed by atoms with Crippen LogP contribution >= 0.6 is 0 Å². The van der Waals surface area contributed by atoms with Crippen molar-refractivity contribution < 1.29 is 9.53 Å². The van der Waals surface area contributed by atoms with Gasteiger partial charge in [0.15, 0.2) is 0 Å². The standard InChI is InChI=1S/C13H16O2/c14-10-13-7-6-12(8-9-15-13)11-4-2-1-3-5-11/h1-5,10,12-13H,6-9H2. The second-order valence-corrected chi connectivity index (χ2v) is 4.02. The first-order valence-electron chi connectivity index (χ1n) is 5.52. The van der Waals surface area contributed by atoms with Gasteiger partial charge in [-0.15, -0.1) is 0 Å². The van der Waals surface area contributed by atoms with E-state index in [0.29, 0.717) is 12.5 Å². The minimum Gasteiger partial charge on any atom is -0.371 e. The largest absolute Gasteiger partial charge is 0.371 e. The van der Waals surface area contributed by atoms with Gasteiger partial charge in [-0.05, 0) is 30.7 Å². The van der Waals surface area contributed by atoms with Crippen molar-refractivity contribution >= 4 is 6.29 Å². The molecule has 0 bridgehead atoms. The molecular weight excluding hydrogens is 188 g/mol. The quantitative estimate of drug-likeness (QED) is 0.692. The number of carbonyl (C=O) groups excluding carboxylic acids is 1. The average molecular weight is 204 g/mol. The second kappa shape index (κ2) is 5.08. The molecule has 0 saturated carbocycles. The van der Waals surface area contributed by atoms with Crippen molar-refractivity contribution in [1.82, 2.24) is 0 Å². The summed E-state index contributed by atoms with van der Waals surface area (Å²) in [6.07, 6.45) is 3.66. The molecule has 0 aromatic heterocycles. The van der Waals surface area contributed by atoms with E-state index in [1.54, 1.807) is 0 Å². The molecule has 2 atom stereocenters. The van der Waals surface area contributed by atoms with Crippen LogP contribution in [0.5, 0.6) is 0 Å². The fraction of sp³-hybridized carbons (Fsp3) is 0.462. The van der Waals surface area contributed by atoms with Crippen molar-refractivity contribution in [2.45, 2.75) is 31.3 Å². The van der Waals surface area contributed by atoms with Crippen LogP contribution in [0.3, 0.4) is 0 Å². The van der Waals surface area contributed by atoms with Crippen molar-refractivity contribution in [2.75, 3.05) is 6.61 Å². The van der Waals surface area contributed by atoms with Gasteiger partial charge in [-0.25, -0.2) is 0 Å². The zero-order chi connectivity index (χ0) is 10.5. The maximum absolute atomic E-state index is 10.6. The Morgan fingerprint density at radius 1 is 1.13 bits per heavy atom. The Morgan fingerprint density at radius 3 is 2.67 bits per heavy atom. The summed E-state index contributed by atoms with van der Waals surface area (Å²) in [4.78, 5) is 10.6. The lowest BCUT2D eigenvalue weighted by Gasteiger charge is -2.12. The summed E-state index contributed by atoms with van der Waals surface area (Å²) in [6, 6.07) is 10.5. The van der Waals surface area contributed by atoms with Crippen molar-refractivity contribution in [1.29, 1.82) is 0 Å². The third-order valence-electron chi connectivity index (χ3n) is 3.02. The highest BCUT2D eigenvalue weighted by molar-refractivity contribution is 5.55. The summed E-state index contributed by atoms with van der Waals surface area (Å²) in [6.45, 7) is 0.697. The van der Waals surface area contributed by atoms with Crippen LogP contribution in [0.4, 0.5) is 0 Å². The van der Waals surface area contributed by atoms with Crippen molar-refractivity contribution in [3.05, 3.63) is 35.9 Å². The number of hydrogen-bond donors (Lipinski definition) is 0. The van der Waals surface area contributed by atoms with E-state index < -0.39 is 0 Å². The third-order valence-corrected chi connectivity index (χ3v) is 3.02. The number of carbonyl (C=O) groups is 1. The van der Waals surface area contributed by atoms with Gasteiger partial charge in [-0.2, -0.15) is 0 Å². The molecule has 2 rings (SSSR count). The van der Waals surface area contributed by atoms with E-state index in [0.717, 1.165) is 25.5 Å². The van der Waals surface area contributed by atoms with Crippen LogP contribution in [0, 0.1) is 0 Å². The molecule has 0 spiro atoms. The van der Waals surface area contributed by atoms with Crippen LogP contribution in [-0.2, 0) is 9.53 Å². The molecule has 0 aliphatic carbocycles. The molecule has 1 aliphatic heterocycles. The molecule has 2 unspecified atom stereocenters. The minimum atomic E-state index is -0.182. The molecular formula is C13H16O2. The molecule has 1 aromatic rings. The predicted octanol–water partition coefficient (Wildman–Crippen LogP) is 2.54. The Labute approximate surface area is 90.3 Å². The molecule has 1 saturated heterocycles. The van der Waals surface area contributed by atoms with Crippen LogP contribution in [0.1, 0.15) is 30.7 Å². The van der Waals surface area contributed by atoms with Gasteiger partial charge in [0, 0.05) is 6.61 Å². The van der Waals surface area contributed by atoms with E-state index in [9.17, 15) is 4.79 Å². The highest BCUT2D eigenvalue weighted by atomic mass is 16.5. The zero-order valence-corrected chi connectivity index (χ0v) is 8.76. The molecule has 1 fully saturated rings. The molecule has 2 nitrogen and oxygen atoms in total. The first-order valence-corrected chi connectivity index (χ1v) is 5.52. The summed E-state index contributed by atoms with van der Waals surface area (Å²) in [7, 11) is 0. The monoisotopic (exact) mass is 204 g/mol. The van der Waals surface area contributed by atoms with E-state index in [1.165, 1.54) is 5.56 Å². The maximum Gasteiger partial charge on any atom is 0.148 e. The highest BCUT2D eigenvalue weighted by Crippen LogP contribution is 2.28. The van der Waals surface area contributed by atoms with Crippen molar-refractivity contribution in [2.24, 2.45) is 0 Å². The Morgan fingerprint density at radius 2 is 1.93 bits per heavy atom. The van der Waals surface area contributed by atoms with Crippen LogP contribution in [-0.4, -0.2) is 19.0 Å². The molecule has 0 amide bonds. The van der Waals surface area contributed by atoms with Gasteiger partial charge in [0.2, 0.25) is 0 Å². The molecule has 80 valence electrons. The van der Waals surface area contributed by atoms with Crippen LogP contribution in [0.15, 0.2) is 30.3 Å². The normalized spacial score (nSPS) is 26.9. The Hall–Kier alpha value is -1.15. The van der Waals surface area contributed by atoms with Gasteiger partial charge in [-0.3, -0.25) is 0 Å². The topological polar surface area (TPSA) is 26.3 Å². The van der Waals surface area contributed by atoms with Crippen LogP contribution in [0.25, 0.3) is 0 Å². The second-order valence-electron chi connectivity index (χ2n) is 4.02. The molecule has 1 aromatic carbocycles. The fourth-order valence-corrected chi connectivity index (χ4v) is 2.12. The number of hydrogen-bond acceptors (Lipinski definition) is 2. The van der Waals surface area contributed by atoms with Gasteiger partial charge in [0.05, 0.1) is 0 Å². The van der Waals surface area contributed by atoms with Gasteiger partial charge in [-0.1, -0.05) is 30.3 Å². The summed E-state index contributed by atoms with van der Waals surface area (Å²) in [5.41, 5.74) is 1.37. The van der Waals surface area contributed by atoms with E-state index in [2.05, 4.69) is 24.3 Å². The number of aldehydes is 1. The summed E-state index contributed by atoms with van der Waals surface area (Å²) < 4.78 is 5.44. The number of rotatable bonds is 2. The SMILES string of the molecule is O=CC1CCC(c2ccccc2)CCO1. The molecule has 0 radical (unpaired) electrons. The molecule has 0 N–H and O–H groups in total. The zero-order valence-electron chi connectivity index (χ0n) is 8.76. The number of benzene rings is 1. The van der Waals surface area contributed by atoms with E-state index >= 15 is 0 Å². The Kier molecular flexibility index (Phi) is 3.51. The molecule has 2 heteroatoms. The van der Waals surface area contributed by atoms with Gasteiger partial charge in [0.1, 0.15) is 12.4 Å². The lowest BCUT2D eigenvalue weighted by Crippen LogP contribution is -2.12. The third kappa shape index (κ3) is 2.66. The van der Waals surface area contributed by atoms with Gasteiger partial charge < -0.3 is 9.53 Å². The van der Waals surface area contributed by atoms with E-state index in [4.69, 9.17) is 4.74 Å². The summed E-state index contributed by atoms with van der Waals surface area (Å²) in [5, 5.41) is 0. The van der Waals surface area contributed by atoms with Crippen molar-refractivity contribution in [3.8, 4) is 0 Å². The first-order chi connectivity index (χ1) is 7.40. The number of ether oxygens (including phenoxy) is 1. The van der Waals surface area contributed by atoms with Gasteiger partial charge in [0.25, 0.3) is 0 Å². The predicted molar refractivity (Wildman–Crippen MR) is 58.8 cm³/mol. The summed E-state index contributed by atoms with van der Waals surface area (Å²) >= 11 is 0. The first kappa shape index (κ1) is 10.4. The van der Waals surface area contributed by atoms with Crippen LogP contribution in [0.2, 0.25) is 0 Å². The molecule has 15 heavy (non-hydrogen) atoms. The maximum atomic E-state index is 10.6. The smallest absolute Gasteiger partial charge is 0.148 e. The van der Waals surface area contributed by atoms with E-state index in [1.807, 2.05) is 6.07 Å². The van der Waals surface area contributed by atoms with Gasteiger partial charge >= 0.3 is 0 Å². The van der Waals surface area contributed by atoms with Crippen LogP contribution < -0.4 is 0 Å². The minimum absolute atomic E-state index is 0.182. The van der Waals surface area contributed by atoms with E-state index in [-0.39, 0.29) is 6.10 Å². The molecule has 1 aliphatic rings. The lowest BCUT2D eigenvalue weighted by atomic mass is 9.91. The lowest BCUT2D eigenvalue weighted by molar-refractivity contribution is -0.117. The highest BCUT2D eigenvalue weighted by Gasteiger charge is 2.19. The average Bonchev–Trinajstić information content (AvgIpc) is 2.55. The Bertz CT molecular complexity index is 308. The Balaban J connectivity index is 2.02. The molecule has 1 heterocycles.